The van der Waals surface area contributed by atoms with Crippen LogP contribution in [0.25, 0.3) is 0 Å². The summed E-state index contributed by atoms with van der Waals surface area (Å²) in [7, 11) is 1.62. The van der Waals surface area contributed by atoms with Crippen molar-refractivity contribution in [3.8, 4) is 11.5 Å². The van der Waals surface area contributed by atoms with Gasteiger partial charge >= 0.3 is 0 Å². The molecule has 0 spiro atoms. The highest BCUT2D eigenvalue weighted by Crippen LogP contribution is 2.40. The van der Waals surface area contributed by atoms with E-state index in [1.807, 2.05) is 18.2 Å². The summed E-state index contributed by atoms with van der Waals surface area (Å²) in [4.78, 5) is 10.3. The molecular weight excluding hydrogens is 272 g/mol. The lowest BCUT2D eigenvalue weighted by Gasteiger charge is -2.10. The molecule has 0 aromatic heterocycles. The minimum absolute atomic E-state index is 0.167. The first-order valence-electron chi connectivity index (χ1n) is 5.18. The lowest BCUT2D eigenvalue weighted by molar-refractivity contribution is -0.108. The van der Waals surface area contributed by atoms with E-state index < -0.39 is 0 Å². The molecule has 1 aliphatic rings. The topological polar surface area (TPSA) is 35.5 Å². The van der Waals surface area contributed by atoms with Crippen LogP contribution >= 0.6 is 15.9 Å². The van der Waals surface area contributed by atoms with Crippen LogP contribution in [0.3, 0.4) is 0 Å². The van der Waals surface area contributed by atoms with Gasteiger partial charge < -0.3 is 14.3 Å². The molecule has 4 heteroatoms. The summed E-state index contributed by atoms with van der Waals surface area (Å²) in [5.41, 5.74) is 0. The fraction of sp³-hybridized carbons (Fsp3) is 0.417. The number of carbonyl (C=O) groups excluding carboxylic acids is 1. The molecule has 2 rings (SSSR count). The summed E-state index contributed by atoms with van der Waals surface area (Å²) in [5, 5.41) is 0. The molecule has 1 fully saturated rings. The van der Waals surface area contributed by atoms with Crippen LogP contribution in [-0.4, -0.2) is 19.5 Å². The van der Waals surface area contributed by atoms with Gasteiger partial charge in [-0.25, -0.2) is 0 Å². The molecule has 86 valence electrons. The quantitative estimate of drug-likeness (QED) is 0.780. The molecule has 16 heavy (non-hydrogen) atoms. The van der Waals surface area contributed by atoms with Gasteiger partial charge in [-0.15, -0.1) is 0 Å². The van der Waals surface area contributed by atoms with Crippen LogP contribution in [0.1, 0.15) is 12.8 Å². The van der Waals surface area contributed by atoms with Gasteiger partial charge in [0.15, 0.2) is 11.5 Å². The first kappa shape index (κ1) is 11.5. The molecule has 0 bridgehead atoms. The monoisotopic (exact) mass is 284 g/mol. The van der Waals surface area contributed by atoms with E-state index >= 15 is 0 Å². The van der Waals surface area contributed by atoms with E-state index in [1.165, 1.54) is 0 Å². The van der Waals surface area contributed by atoms with Gasteiger partial charge in [-0.1, -0.05) is 15.9 Å². The van der Waals surface area contributed by atoms with Gasteiger partial charge in [0.05, 0.1) is 7.11 Å². The molecule has 1 aromatic rings. The first-order chi connectivity index (χ1) is 7.74. The standard InChI is InChI=1S/C12H13BrO3/c1-15-12-7-9(13)2-3-10(12)16-11-6-8(11)4-5-14/h2-3,5,7-8,11H,4,6H2,1H3. The Kier molecular flexibility index (Phi) is 3.49. The Morgan fingerprint density at radius 3 is 3.00 bits per heavy atom. The summed E-state index contributed by atoms with van der Waals surface area (Å²) >= 11 is 3.37. The highest BCUT2D eigenvalue weighted by molar-refractivity contribution is 9.10. The smallest absolute Gasteiger partial charge is 0.161 e. The summed E-state index contributed by atoms with van der Waals surface area (Å²) in [5.74, 6) is 1.83. The Morgan fingerprint density at radius 1 is 1.50 bits per heavy atom. The Morgan fingerprint density at radius 2 is 2.31 bits per heavy atom. The normalized spacial score (nSPS) is 22.6. The van der Waals surface area contributed by atoms with Crippen molar-refractivity contribution in [2.75, 3.05) is 7.11 Å². The predicted octanol–water partition coefficient (Wildman–Crippen LogP) is 2.81. The number of aldehydes is 1. The second-order valence-corrected chi connectivity index (χ2v) is 4.77. The van der Waals surface area contributed by atoms with Crippen molar-refractivity contribution in [1.82, 2.24) is 0 Å². The third kappa shape index (κ3) is 2.55. The SMILES string of the molecule is COc1cc(Br)ccc1OC1CC1CC=O. The van der Waals surface area contributed by atoms with Crippen molar-refractivity contribution in [3.63, 3.8) is 0 Å². The van der Waals surface area contributed by atoms with Gasteiger partial charge in [0.25, 0.3) is 0 Å². The van der Waals surface area contributed by atoms with E-state index in [0.717, 1.165) is 22.9 Å². The van der Waals surface area contributed by atoms with Gasteiger partial charge in [0.2, 0.25) is 0 Å². The van der Waals surface area contributed by atoms with Crippen molar-refractivity contribution in [1.29, 1.82) is 0 Å². The molecular formula is C12H13BrO3. The number of methoxy groups -OCH3 is 1. The minimum atomic E-state index is 0.167. The molecule has 1 aliphatic carbocycles. The van der Waals surface area contributed by atoms with Crippen molar-refractivity contribution < 1.29 is 14.3 Å². The second-order valence-electron chi connectivity index (χ2n) is 3.85. The molecule has 0 radical (unpaired) electrons. The van der Waals surface area contributed by atoms with Gasteiger partial charge in [-0.3, -0.25) is 0 Å². The van der Waals surface area contributed by atoms with E-state index in [9.17, 15) is 4.79 Å². The van der Waals surface area contributed by atoms with Crippen LogP contribution in [0.15, 0.2) is 22.7 Å². The maximum atomic E-state index is 10.3. The first-order valence-corrected chi connectivity index (χ1v) is 5.97. The number of halogens is 1. The van der Waals surface area contributed by atoms with Crippen molar-refractivity contribution in [2.24, 2.45) is 5.92 Å². The number of carbonyl (C=O) groups is 1. The third-order valence-electron chi connectivity index (χ3n) is 2.66. The summed E-state index contributed by atoms with van der Waals surface area (Å²) in [6, 6.07) is 5.65. The zero-order valence-corrected chi connectivity index (χ0v) is 10.6. The number of hydrogen-bond acceptors (Lipinski definition) is 3. The average molecular weight is 285 g/mol. The molecule has 0 heterocycles. The fourth-order valence-electron chi connectivity index (χ4n) is 1.64. The Labute approximate surface area is 103 Å². The van der Waals surface area contributed by atoms with E-state index in [0.29, 0.717) is 18.1 Å². The lowest BCUT2D eigenvalue weighted by atomic mass is 10.3. The van der Waals surface area contributed by atoms with Gasteiger partial charge in [-0.05, 0) is 24.6 Å². The molecule has 0 N–H and O–H groups in total. The zero-order chi connectivity index (χ0) is 11.5. The Hall–Kier alpha value is -1.03. The Balaban J connectivity index is 2.02. The maximum Gasteiger partial charge on any atom is 0.161 e. The lowest BCUT2D eigenvalue weighted by Crippen LogP contribution is -2.02. The van der Waals surface area contributed by atoms with Gasteiger partial charge in [0.1, 0.15) is 12.4 Å². The van der Waals surface area contributed by atoms with Crippen LogP contribution in [0.5, 0.6) is 11.5 Å². The van der Waals surface area contributed by atoms with Crippen LogP contribution in [0, 0.1) is 5.92 Å². The van der Waals surface area contributed by atoms with E-state index in [2.05, 4.69) is 15.9 Å². The molecule has 2 atom stereocenters. The highest BCUT2D eigenvalue weighted by Gasteiger charge is 2.39. The predicted molar refractivity (Wildman–Crippen MR) is 63.9 cm³/mol. The van der Waals surface area contributed by atoms with Crippen LogP contribution < -0.4 is 9.47 Å². The van der Waals surface area contributed by atoms with Gasteiger partial charge in [-0.2, -0.15) is 0 Å². The van der Waals surface area contributed by atoms with Crippen LogP contribution in [-0.2, 0) is 4.79 Å². The number of hydrogen-bond donors (Lipinski definition) is 0. The molecule has 2 unspecified atom stereocenters. The van der Waals surface area contributed by atoms with Crippen LogP contribution in [0.2, 0.25) is 0 Å². The van der Waals surface area contributed by atoms with Crippen molar-refractivity contribution >= 4 is 22.2 Å². The highest BCUT2D eigenvalue weighted by atomic mass is 79.9. The van der Waals surface area contributed by atoms with E-state index in [-0.39, 0.29) is 6.10 Å². The largest absolute Gasteiger partial charge is 0.493 e. The van der Waals surface area contributed by atoms with Gasteiger partial charge in [0, 0.05) is 16.8 Å². The molecule has 3 nitrogen and oxygen atoms in total. The molecule has 0 saturated heterocycles. The molecule has 0 aliphatic heterocycles. The number of rotatable bonds is 5. The van der Waals surface area contributed by atoms with E-state index in [4.69, 9.17) is 9.47 Å². The molecule has 0 amide bonds. The van der Waals surface area contributed by atoms with Crippen LogP contribution in [0.4, 0.5) is 0 Å². The van der Waals surface area contributed by atoms with E-state index in [1.54, 1.807) is 7.11 Å². The number of ether oxygens (including phenoxy) is 2. The minimum Gasteiger partial charge on any atom is -0.493 e. The zero-order valence-electron chi connectivity index (χ0n) is 8.98. The maximum absolute atomic E-state index is 10.3. The van der Waals surface area contributed by atoms with Crippen molar-refractivity contribution in [2.45, 2.75) is 18.9 Å². The second kappa shape index (κ2) is 4.87. The average Bonchev–Trinajstić information content (AvgIpc) is 3.00. The molecule has 1 aromatic carbocycles. The summed E-state index contributed by atoms with van der Waals surface area (Å²) in [6.45, 7) is 0. The third-order valence-corrected chi connectivity index (χ3v) is 3.15. The number of benzene rings is 1. The van der Waals surface area contributed by atoms with Crippen molar-refractivity contribution in [3.05, 3.63) is 22.7 Å². The molecule has 1 saturated carbocycles. The fourth-order valence-corrected chi connectivity index (χ4v) is 1.98. The Bertz CT molecular complexity index is 392. The summed E-state index contributed by atoms with van der Waals surface area (Å²) in [6.07, 6.45) is 2.66. The summed E-state index contributed by atoms with van der Waals surface area (Å²) < 4.78 is 11.9.